The molecule has 2 aliphatic heterocycles. The lowest BCUT2D eigenvalue weighted by molar-refractivity contribution is 0.0612. The Morgan fingerprint density at radius 2 is 2.11 bits per heavy atom. The van der Waals surface area contributed by atoms with Crippen LogP contribution in [0.1, 0.15) is 36.2 Å². The predicted octanol–water partition coefficient (Wildman–Crippen LogP) is 2.04. The smallest absolute Gasteiger partial charge is 0.268 e. The highest BCUT2D eigenvalue weighted by atomic mass is 19.1. The highest BCUT2D eigenvalue weighted by Gasteiger charge is 2.25. The predicted molar refractivity (Wildman–Crippen MR) is 100 cm³/mol. The summed E-state index contributed by atoms with van der Waals surface area (Å²) in [7, 11) is 0. The molecule has 2 aromatic rings. The van der Waals surface area contributed by atoms with Gasteiger partial charge in [-0.05, 0) is 37.8 Å². The molecule has 1 atom stereocenters. The third kappa shape index (κ3) is 4.04. The summed E-state index contributed by atoms with van der Waals surface area (Å²) in [5, 5.41) is 3.22. The van der Waals surface area contributed by atoms with E-state index in [0.29, 0.717) is 6.10 Å². The van der Waals surface area contributed by atoms with Crippen molar-refractivity contribution in [1.29, 1.82) is 0 Å². The number of nitrogens with one attached hydrogen (secondary N) is 2. The minimum absolute atomic E-state index is 0.0538. The van der Waals surface area contributed by atoms with Gasteiger partial charge in [0.1, 0.15) is 11.5 Å². The largest absolute Gasteiger partial charge is 0.377 e. The fourth-order valence-electron chi connectivity index (χ4n) is 3.96. The summed E-state index contributed by atoms with van der Waals surface area (Å²) in [4.78, 5) is 29.9. The van der Waals surface area contributed by atoms with E-state index in [1.54, 1.807) is 6.07 Å². The molecule has 27 heavy (non-hydrogen) atoms. The SMILES string of the molecule is O=C(NC1CCN(CC2CCCO2)CC1)c1cc(=O)c2cccc(F)c2[nH]1. The number of para-hydroxylation sites is 1. The Hall–Kier alpha value is -2.25. The van der Waals surface area contributed by atoms with E-state index in [1.807, 2.05) is 0 Å². The lowest BCUT2D eigenvalue weighted by atomic mass is 10.0. The first-order valence-corrected chi connectivity index (χ1v) is 9.56. The number of fused-ring (bicyclic) bond motifs is 1. The van der Waals surface area contributed by atoms with Crippen molar-refractivity contribution in [2.75, 3.05) is 26.2 Å². The highest BCUT2D eigenvalue weighted by Crippen LogP contribution is 2.17. The third-order valence-corrected chi connectivity index (χ3v) is 5.47. The van der Waals surface area contributed by atoms with Crippen LogP contribution in [0, 0.1) is 5.82 Å². The van der Waals surface area contributed by atoms with Crippen LogP contribution in [0.3, 0.4) is 0 Å². The Balaban J connectivity index is 1.38. The van der Waals surface area contributed by atoms with Gasteiger partial charge in [-0.2, -0.15) is 0 Å². The van der Waals surface area contributed by atoms with Crippen molar-refractivity contribution in [1.82, 2.24) is 15.2 Å². The van der Waals surface area contributed by atoms with E-state index < -0.39 is 5.82 Å². The molecule has 144 valence electrons. The Kier molecular flexibility index (Phi) is 5.22. The molecule has 6 nitrogen and oxygen atoms in total. The maximum atomic E-state index is 14.0. The highest BCUT2D eigenvalue weighted by molar-refractivity contribution is 5.95. The van der Waals surface area contributed by atoms with E-state index >= 15 is 0 Å². The van der Waals surface area contributed by atoms with Crippen LogP contribution in [0.15, 0.2) is 29.1 Å². The van der Waals surface area contributed by atoms with Gasteiger partial charge < -0.3 is 19.9 Å². The number of halogens is 1. The lowest BCUT2D eigenvalue weighted by Crippen LogP contribution is -2.46. The molecule has 0 spiro atoms. The molecule has 0 saturated carbocycles. The van der Waals surface area contributed by atoms with Gasteiger partial charge in [0, 0.05) is 43.7 Å². The number of hydrogen-bond donors (Lipinski definition) is 2. The third-order valence-electron chi connectivity index (χ3n) is 5.47. The maximum Gasteiger partial charge on any atom is 0.268 e. The number of piperidine rings is 1. The first-order chi connectivity index (χ1) is 13.1. The van der Waals surface area contributed by atoms with E-state index in [2.05, 4.69) is 15.2 Å². The Bertz CT molecular complexity index is 884. The lowest BCUT2D eigenvalue weighted by Gasteiger charge is -2.33. The number of ether oxygens (including phenoxy) is 1. The number of rotatable bonds is 4. The van der Waals surface area contributed by atoms with Crippen LogP contribution in [0.5, 0.6) is 0 Å². The van der Waals surface area contributed by atoms with Gasteiger partial charge in [-0.15, -0.1) is 0 Å². The number of amides is 1. The van der Waals surface area contributed by atoms with E-state index in [4.69, 9.17) is 4.74 Å². The molecule has 0 radical (unpaired) electrons. The normalized spacial score (nSPS) is 21.6. The van der Waals surface area contributed by atoms with Gasteiger partial charge in [0.25, 0.3) is 5.91 Å². The average Bonchev–Trinajstić information content (AvgIpc) is 3.17. The summed E-state index contributed by atoms with van der Waals surface area (Å²) in [5.74, 6) is -0.906. The molecule has 0 aliphatic carbocycles. The van der Waals surface area contributed by atoms with Crippen LogP contribution >= 0.6 is 0 Å². The van der Waals surface area contributed by atoms with Gasteiger partial charge in [-0.25, -0.2) is 4.39 Å². The summed E-state index contributed by atoms with van der Waals surface area (Å²) >= 11 is 0. The summed E-state index contributed by atoms with van der Waals surface area (Å²) in [6.45, 7) is 3.64. The number of pyridine rings is 1. The molecule has 3 heterocycles. The number of aromatic amines is 1. The molecule has 2 N–H and O–H groups in total. The summed E-state index contributed by atoms with van der Waals surface area (Å²) in [6.07, 6.45) is 4.31. The molecule has 1 unspecified atom stereocenters. The number of benzene rings is 1. The van der Waals surface area contributed by atoms with Crippen molar-refractivity contribution in [3.8, 4) is 0 Å². The summed E-state index contributed by atoms with van der Waals surface area (Å²) in [5.41, 5.74) is -0.194. The monoisotopic (exact) mass is 373 g/mol. The number of nitrogens with zero attached hydrogens (tertiary/aromatic N) is 1. The Morgan fingerprint density at radius 3 is 2.85 bits per heavy atom. The number of hydrogen-bond acceptors (Lipinski definition) is 4. The fraction of sp³-hybridized carbons (Fsp3) is 0.500. The van der Waals surface area contributed by atoms with E-state index in [0.717, 1.165) is 51.9 Å². The van der Waals surface area contributed by atoms with Gasteiger partial charge in [-0.3, -0.25) is 9.59 Å². The van der Waals surface area contributed by atoms with Crippen LogP contribution in [0.4, 0.5) is 4.39 Å². The Labute approximate surface area is 156 Å². The van der Waals surface area contributed by atoms with E-state index in [-0.39, 0.29) is 34.0 Å². The van der Waals surface area contributed by atoms with Gasteiger partial charge in [0.15, 0.2) is 5.43 Å². The van der Waals surface area contributed by atoms with Crippen LogP contribution in [0.25, 0.3) is 10.9 Å². The second-order valence-electron chi connectivity index (χ2n) is 7.39. The van der Waals surface area contributed by atoms with Crippen molar-refractivity contribution in [2.45, 2.75) is 37.8 Å². The van der Waals surface area contributed by atoms with Crippen LogP contribution < -0.4 is 10.7 Å². The minimum atomic E-state index is -0.540. The molecule has 4 rings (SSSR count). The molecular weight excluding hydrogens is 349 g/mol. The first-order valence-electron chi connectivity index (χ1n) is 9.56. The minimum Gasteiger partial charge on any atom is -0.377 e. The summed E-state index contributed by atoms with van der Waals surface area (Å²) in [6, 6.07) is 5.59. The second-order valence-corrected chi connectivity index (χ2v) is 7.39. The maximum absolute atomic E-state index is 14.0. The van der Waals surface area contributed by atoms with Crippen molar-refractivity contribution < 1.29 is 13.9 Å². The second kappa shape index (κ2) is 7.78. The zero-order valence-electron chi connectivity index (χ0n) is 15.2. The number of likely N-dealkylation sites (tertiary alicyclic amines) is 1. The van der Waals surface area contributed by atoms with Gasteiger partial charge in [-0.1, -0.05) is 6.07 Å². The number of H-pyrrole nitrogens is 1. The number of carbonyl (C=O) groups excluding carboxylic acids is 1. The van der Waals surface area contributed by atoms with Gasteiger partial charge in [0.2, 0.25) is 0 Å². The summed E-state index contributed by atoms with van der Waals surface area (Å²) < 4.78 is 19.6. The van der Waals surface area contributed by atoms with Crippen molar-refractivity contribution in [2.24, 2.45) is 0 Å². The fourth-order valence-corrected chi connectivity index (χ4v) is 3.96. The molecule has 1 aromatic carbocycles. The van der Waals surface area contributed by atoms with Crippen molar-refractivity contribution in [3.05, 3.63) is 46.0 Å². The molecule has 0 bridgehead atoms. The van der Waals surface area contributed by atoms with Crippen LogP contribution in [-0.4, -0.2) is 54.2 Å². The first kappa shape index (κ1) is 18.1. The van der Waals surface area contributed by atoms with Crippen LogP contribution in [-0.2, 0) is 4.74 Å². The number of carbonyl (C=O) groups is 1. The molecule has 7 heteroatoms. The van der Waals surface area contributed by atoms with E-state index in [1.165, 1.54) is 18.2 Å². The molecule has 2 fully saturated rings. The average molecular weight is 373 g/mol. The topological polar surface area (TPSA) is 74.4 Å². The quantitative estimate of drug-likeness (QED) is 0.860. The van der Waals surface area contributed by atoms with Crippen molar-refractivity contribution >= 4 is 16.8 Å². The molecular formula is C20H24FN3O3. The van der Waals surface area contributed by atoms with Crippen molar-refractivity contribution in [3.63, 3.8) is 0 Å². The Morgan fingerprint density at radius 1 is 1.30 bits per heavy atom. The number of aromatic nitrogens is 1. The molecule has 1 aromatic heterocycles. The standard InChI is InChI=1S/C20H24FN3O3/c21-16-5-1-4-15-18(25)11-17(23-19(15)16)20(26)22-13-6-8-24(9-7-13)12-14-3-2-10-27-14/h1,4-5,11,13-14H,2-3,6-10,12H2,(H,22,26)(H,23,25). The zero-order valence-corrected chi connectivity index (χ0v) is 15.2. The van der Waals surface area contributed by atoms with Crippen LogP contribution in [0.2, 0.25) is 0 Å². The molecule has 2 aliphatic rings. The zero-order chi connectivity index (χ0) is 18.8. The molecule has 2 saturated heterocycles. The molecule has 1 amide bonds. The van der Waals surface area contributed by atoms with E-state index in [9.17, 15) is 14.0 Å². The van der Waals surface area contributed by atoms with Gasteiger partial charge >= 0.3 is 0 Å². The van der Waals surface area contributed by atoms with Gasteiger partial charge in [0.05, 0.1) is 11.6 Å².